The summed E-state index contributed by atoms with van der Waals surface area (Å²) >= 11 is 0. The number of piperidine rings is 1. The van der Waals surface area contributed by atoms with Gasteiger partial charge in [-0.3, -0.25) is 4.90 Å². The minimum Gasteiger partial charge on any atom is -0.315 e. The highest BCUT2D eigenvalue weighted by Gasteiger charge is 2.34. The molecule has 2 unspecified atom stereocenters. The number of nitrogens with one attached hydrogen (secondary N) is 1. The summed E-state index contributed by atoms with van der Waals surface area (Å²) in [5.41, 5.74) is 0. The van der Waals surface area contributed by atoms with Crippen LogP contribution in [0.3, 0.4) is 0 Å². The SMILES string of the molecule is CCCCCCCCCCCCCCCCN1CCC2CCNCC21. The molecule has 2 heteroatoms. The van der Waals surface area contributed by atoms with Crippen molar-refractivity contribution in [3.05, 3.63) is 0 Å². The van der Waals surface area contributed by atoms with Crippen molar-refractivity contribution in [2.24, 2.45) is 5.92 Å². The first-order chi connectivity index (χ1) is 12.4. The van der Waals surface area contributed by atoms with E-state index in [9.17, 15) is 0 Å². The Morgan fingerprint density at radius 1 is 0.720 bits per heavy atom. The lowest BCUT2D eigenvalue weighted by Crippen LogP contribution is -2.46. The molecule has 0 bridgehead atoms. The number of nitrogens with zero attached hydrogens (tertiary/aromatic N) is 1. The first-order valence-corrected chi connectivity index (χ1v) is 11.9. The zero-order chi connectivity index (χ0) is 17.6. The third kappa shape index (κ3) is 8.91. The molecule has 2 saturated heterocycles. The Labute approximate surface area is 158 Å². The average molecular weight is 351 g/mol. The molecule has 0 saturated carbocycles. The lowest BCUT2D eigenvalue weighted by molar-refractivity contribution is 0.191. The molecule has 0 aromatic heterocycles. The van der Waals surface area contributed by atoms with Crippen molar-refractivity contribution in [2.75, 3.05) is 26.2 Å². The van der Waals surface area contributed by atoms with Gasteiger partial charge in [0.25, 0.3) is 0 Å². The van der Waals surface area contributed by atoms with Crippen LogP contribution in [0.25, 0.3) is 0 Å². The quantitative estimate of drug-likeness (QED) is 0.356. The molecule has 2 aliphatic rings. The Hall–Kier alpha value is -0.0800. The van der Waals surface area contributed by atoms with Gasteiger partial charge in [0.1, 0.15) is 0 Å². The van der Waals surface area contributed by atoms with E-state index in [1.54, 1.807) is 0 Å². The third-order valence-corrected chi connectivity index (χ3v) is 6.64. The molecule has 2 aliphatic heterocycles. The van der Waals surface area contributed by atoms with E-state index in [1.807, 2.05) is 0 Å². The number of rotatable bonds is 15. The molecule has 0 radical (unpaired) electrons. The van der Waals surface area contributed by atoms with Gasteiger partial charge in [-0.2, -0.15) is 0 Å². The van der Waals surface area contributed by atoms with Gasteiger partial charge in [-0.15, -0.1) is 0 Å². The van der Waals surface area contributed by atoms with Crippen molar-refractivity contribution in [2.45, 2.75) is 116 Å². The average Bonchev–Trinajstić information content (AvgIpc) is 3.05. The lowest BCUT2D eigenvalue weighted by atomic mass is 9.93. The summed E-state index contributed by atoms with van der Waals surface area (Å²) in [5, 5.41) is 3.60. The highest BCUT2D eigenvalue weighted by atomic mass is 15.2. The van der Waals surface area contributed by atoms with Crippen molar-refractivity contribution in [1.29, 1.82) is 0 Å². The molecule has 148 valence electrons. The molecular weight excluding hydrogens is 304 g/mol. The van der Waals surface area contributed by atoms with Gasteiger partial charge in [0, 0.05) is 12.6 Å². The molecule has 0 aromatic carbocycles. The van der Waals surface area contributed by atoms with Gasteiger partial charge in [-0.25, -0.2) is 0 Å². The fraction of sp³-hybridized carbons (Fsp3) is 1.00. The molecule has 2 heterocycles. The van der Waals surface area contributed by atoms with E-state index in [2.05, 4.69) is 17.1 Å². The molecular formula is C23H46N2. The number of hydrogen-bond donors (Lipinski definition) is 1. The second-order valence-electron chi connectivity index (χ2n) is 8.74. The third-order valence-electron chi connectivity index (χ3n) is 6.64. The lowest BCUT2D eigenvalue weighted by Gasteiger charge is -2.32. The molecule has 0 spiro atoms. The smallest absolute Gasteiger partial charge is 0.0249 e. The van der Waals surface area contributed by atoms with Crippen LogP contribution < -0.4 is 5.32 Å². The monoisotopic (exact) mass is 350 g/mol. The first-order valence-electron chi connectivity index (χ1n) is 11.9. The summed E-state index contributed by atoms with van der Waals surface area (Å²) in [4.78, 5) is 2.79. The van der Waals surface area contributed by atoms with E-state index in [-0.39, 0.29) is 0 Å². The summed E-state index contributed by atoms with van der Waals surface area (Å²) in [5.74, 6) is 1.01. The molecule has 1 N–H and O–H groups in total. The van der Waals surface area contributed by atoms with Crippen LogP contribution in [0, 0.1) is 5.92 Å². The van der Waals surface area contributed by atoms with Crippen LogP contribution in [-0.2, 0) is 0 Å². The Balaban J connectivity index is 1.30. The van der Waals surface area contributed by atoms with Gasteiger partial charge in [-0.05, 0) is 44.8 Å². The summed E-state index contributed by atoms with van der Waals surface area (Å²) in [6, 6.07) is 0.871. The predicted octanol–water partition coefficient (Wildman–Crippen LogP) is 6.15. The zero-order valence-corrected chi connectivity index (χ0v) is 17.2. The van der Waals surface area contributed by atoms with Gasteiger partial charge in [-0.1, -0.05) is 90.4 Å². The van der Waals surface area contributed by atoms with Gasteiger partial charge < -0.3 is 5.32 Å². The maximum Gasteiger partial charge on any atom is 0.0249 e. The van der Waals surface area contributed by atoms with Crippen molar-refractivity contribution in [3.8, 4) is 0 Å². The highest BCUT2D eigenvalue weighted by molar-refractivity contribution is 4.91. The van der Waals surface area contributed by atoms with Crippen LogP contribution in [0.5, 0.6) is 0 Å². The highest BCUT2D eigenvalue weighted by Crippen LogP contribution is 2.29. The van der Waals surface area contributed by atoms with E-state index in [0.717, 1.165) is 12.0 Å². The van der Waals surface area contributed by atoms with E-state index in [0.29, 0.717) is 0 Å². The summed E-state index contributed by atoms with van der Waals surface area (Å²) in [6.07, 6.45) is 23.4. The maximum atomic E-state index is 3.60. The Kier molecular flexibility index (Phi) is 11.9. The van der Waals surface area contributed by atoms with Gasteiger partial charge >= 0.3 is 0 Å². The fourth-order valence-electron chi connectivity index (χ4n) is 4.94. The van der Waals surface area contributed by atoms with Crippen LogP contribution in [0.15, 0.2) is 0 Å². The zero-order valence-electron chi connectivity index (χ0n) is 17.2. The minimum absolute atomic E-state index is 0.871. The van der Waals surface area contributed by atoms with Gasteiger partial charge in [0.15, 0.2) is 0 Å². The maximum absolute atomic E-state index is 3.60. The topological polar surface area (TPSA) is 15.3 Å². The van der Waals surface area contributed by atoms with E-state index in [4.69, 9.17) is 0 Å². The van der Waals surface area contributed by atoms with Crippen LogP contribution in [0.2, 0.25) is 0 Å². The van der Waals surface area contributed by atoms with Crippen molar-refractivity contribution >= 4 is 0 Å². The normalized spacial score (nSPS) is 23.9. The second-order valence-corrected chi connectivity index (χ2v) is 8.74. The molecule has 2 rings (SSSR count). The van der Waals surface area contributed by atoms with E-state index < -0.39 is 0 Å². The summed E-state index contributed by atoms with van der Waals surface area (Å²) in [6.45, 7) is 7.55. The Morgan fingerprint density at radius 2 is 1.28 bits per heavy atom. The van der Waals surface area contributed by atoms with E-state index >= 15 is 0 Å². The number of likely N-dealkylation sites (tertiary alicyclic amines) is 1. The number of fused-ring (bicyclic) bond motifs is 1. The van der Waals surface area contributed by atoms with E-state index in [1.165, 1.54) is 129 Å². The number of hydrogen-bond acceptors (Lipinski definition) is 2. The minimum atomic E-state index is 0.871. The first kappa shape index (κ1) is 21.2. The fourth-order valence-corrected chi connectivity index (χ4v) is 4.94. The van der Waals surface area contributed by atoms with Crippen molar-refractivity contribution in [3.63, 3.8) is 0 Å². The van der Waals surface area contributed by atoms with Crippen LogP contribution >= 0.6 is 0 Å². The standard InChI is InChI=1S/C23H46N2/c1-2-3-4-5-6-7-8-9-10-11-12-13-14-15-19-25-20-17-22-16-18-24-21-23(22)25/h22-24H,2-21H2,1H3. The van der Waals surface area contributed by atoms with Crippen LogP contribution in [0.1, 0.15) is 110 Å². The van der Waals surface area contributed by atoms with Gasteiger partial charge in [0.05, 0.1) is 0 Å². The number of unbranched alkanes of at least 4 members (excludes halogenated alkanes) is 13. The molecule has 2 fully saturated rings. The summed E-state index contributed by atoms with van der Waals surface area (Å²) < 4.78 is 0. The molecule has 2 nitrogen and oxygen atoms in total. The van der Waals surface area contributed by atoms with Crippen LogP contribution in [-0.4, -0.2) is 37.1 Å². The Bertz CT molecular complexity index is 304. The molecule has 2 atom stereocenters. The molecule has 25 heavy (non-hydrogen) atoms. The second kappa shape index (κ2) is 14.0. The summed E-state index contributed by atoms with van der Waals surface area (Å²) in [7, 11) is 0. The molecule has 0 amide bonds. The van der Waals surface area contributed by atoms with Gasteiger partial charge in [0.2, 0.25) is 0 Å². The Morgan fingerprint density at radius 3 is 1.88 bits per heavy atom. The van der Waals surface area contributed by atoms with Crippen molar-refractivity contribution < 1.29 is 0 Å². The van der Waals surface area contributed by atoms with Crippen LogP contribution in [0.4, 0.5) is 0 Å². The predicted molar refractivity (Wildman–Crippen MR) is 111 cm³/mol. The van der Waals surface area contributed by atoms with Crippen molar-refractivity contribution in [1.82, 2.24) is 10.2 Å². The molecule has 0 aliphatic carbocycles. The largest absolute Gasteiger partial charge is 0.315 e. The molecule has 0 aromatic rings.